The summed E-state index contributed by atoms with van der Waals surface area (Å²) in [6.07, 6.45) is 1.62. The molecule has 98 valence electrons. The van der Waals surface area contributed by atoms with Gasteiger partial charge in [0.1, 0.15) is 17.5 Å². The predicted molar refractivity (Wildman–Crippen MR) is 70.5 cm³/mol. The van der Waals surface area contributed by atoms with Crippen LogP contribution in [0.25, 0.3) is 0 Å². The van der Waals surface area contributed by atoms with Crippen molar-refractivity contribution in [3.05, 3.63) is 22.9 Å². The normalized spacial score (nSPS) is 12.1. The molecule has 0 aliphatic heterocycles. The first-order valence-electron chi connectivity index (χ1n) is 5.66. The summed E-state index contributed by atoms with van der Waals surface area (Å²) in [6, 6.07) is 0. The molecule has 0 saturated heterocycles. The number of nitrogens with two attached hydrogens (primary N) is 1. The van der Waals surface area contributed by atoms with E-state index in [0.717, 1.165) is 11.5 Å². The number of anilines is 1. The van der Waals surface area contributed by atoms with Crippen LogP contribution in [0.2, 0.25) is 5.15 Å². The van der Waals surface area contributed by atoms with Gasteiger partial charge in [-0.05, 0) is 0 Å². The molecule has 0 aliphatic rings. The van der Waals surface area contributed by atoms with Crippen LogP contribution in [-0.2, 0) is 19.0 Å². The number of imidazole rings is 1. The maximum Gasteiger partial charge on any atom is 0.169 e. The van der Waals surface area contributed by atoms with E-state index >= 15 is 0 Å². The first kappa shape index (κ1) is 12.9. The van der Waals surface area contributed by atoms with Crippen molar-refractivity contribution >= 4 is 17.4 Å². The molecule has 0 aliphatic carbocycles. The summed E-state index contributed by atoms with van der Waals surface area (Å²) in [4.78, 5) is 4.24. The molecule has 2 N–H and O–H groups in total. The van der Waals surface area contributed by atoms with Gasteiger partial charge in [0, 0.05) is 12.5 Å². The fourth-order valence-corrected chi connectivity index (χ4v) is 2.06. The van der Waals surface area contributed by atoms with Crippen LogP contribution in [-0.4, -0.2) is 24.5 Å². The van der Waals surface area contributed by atoms with Crippen LogP contribution in [0.1, 0.15) is 32.3 Å². The summed E-state index contributed by atoms with van der Waals surface area (Å²) in [5, 5.41) is 8.60. The van der Waals surface area contributed by atoms with Gasteiger partial charge in [0.2, 0.25) is 0 Å². The molecule has 2 aromatic rings. The lowest BCUT2D eigenvalue weighted by Gasteiger charge is -2.19. The second kappa shape index (κ2) is 4.28. The average molecular weight is 269 g/mol. The van der Waals surface area contributed by atoms with Crippen molar-refractivity contribution < 1.29 is 0 Å². The molecule has 0 radical (unpaired) electrons. The zero-order valence-corrected chi connectivity index (χ0v) is 11.7. The SMILES string of the molecule is Cn1c(Cl)cnc1Cn1nnc(N)c1C(C)(C)C. The Morgan fingerprint density at radius 2 is 2.06 bits per heavy atom. The highest BCUT2D eigenvalue weighted by molar-refractivity contribution is 6.29. The maximum atomic E-state index is 5.96. The van der Waals surface area contributed by atoms with Crippen LogP contribution < -0.4 is 5.73 Å². The van der Waals surface area contributed by atoms with Gasteiger partial charge in [0.15, 0.2) is 5.82 Å². The van der Waals surface area contributed by atoms with E-state index in [1.807, 2.05) is 11.6 Å². The average Bonchev–Trinajstić information content (AvgIpc) is 2.76. The number of nitrogen functional groups attached to an aromatic ring is 1. The van der Waals surface area contributed by atoms with Crippen LogP contribution in [0.3, 0.4) is 0 Å². The Labute approximate surface area is 111 Å². The lowest BCUT2D eigenvalue weighted by atomic mass is 9.92. The van der Waals surface area contributed by atoms with Gasteiger partial charge >= 0.3 is 0 Å². The lowest BCUT2D eigenvalue weighted by Crippen LogP contribution is -2.21. The van der Waals surface area contributed by atoms with E-state index in [4.69, 9.17) is 17.3 Å². The molecule has 0 unspecified atom stereocenters. The van der Waals surface area contributed by atoms with Gasteiger partial charge in [-0.15, -0.1) is 5.10 Å². The molecule has 0 fully saturated rings. The molecule has 6 nitrogen and oxygen atoms in total. The third kappa shape index (κ3) is 2.20. The third-order valence-corrected chi connectivity index (χ3v) is 3.14. The Morgan fingerprint density at radius 1 is 1.39 bits per heavy atom. The van der Waals surface area contributed by atoms with E-state index in [1.54, 1.807) is 10.9 Å². The second-order valence-electron chi connectivity index (χ2n) is 5.29. The van der Waals surface area contributed by atoms with Crippen molar-refractivity contribution in [1.82, 2.24) is 24.5 Å². The number of hydrogen-bond acceptors (Lipinski definition) is 4. The van der Waals surface area contributed by atoms with Gasteiger partial charge in [-0.2, -0.15) is 0 Å². The van der Waals surface area contributed by atoms with E-state index in [2.05, 4.69) is 36.1 Å². The monoisotopic (exact) mass is 268 g/mol. The summed E-state index contributed by atoms with van der Waals surface area (Å²) in [7, 11) is 1.86. The quantitative estimate of drug-likeness (QED) is 0.898. The Kier molecular flexibility index (Phi) is 3.06. The minimum atomic E-state index is -0.122. The number of nitrogens with zero attached hydrogens (tertiary/aromatic N) is 5. The van der Waals surface area contributed by atoms with Gasteiger partial charge in [-0.25, -0.2) is 9.67 Å². The van der Waals surface area contributed by atoms with Crippen LogP contribution in [0, 0.1) is 0 Å². The molecular weight excluding hydrogens is 252 g/mol. The molecule has 0 amide bonds. The zero-order chi connectivity index (χ0) is 13.5. The maximum absolute atomic E-state index is 5.96. The number of aromatic nitrogens is 5. The summed E-state index contributed by atoms with van der Waals surface area (Å²) < 4.78 is 3.58. The van der Waals surface area contributed by atoms with Crippen molar-refractivity contribution in [1.29, 1.82) is 0 Å². The third-order valence-electron chi connectivity index (χ3n) is 2.79. The van der Waals surface area contributed by atoms with Crippen molar-refractivity contribution in [2.24, 2.45) is 7.05 Å². The van der Waals surface area contributed by atoms with Gasteiger partial charge in [0.25, 0.3) is 0 Å². The fourth-order valence-electron chi connectivity index (χ4n) is 1.91. The van der Waals surface area contributed by atoms with Crippen LogP contribution in [0.4, 0.5) is 5.82 Å². The molecule has 0 bridgehead atoms. The van der Waals surface area contributed by atoms with Crippen LogP contribution in [0.5, 0.6) is 0 Å². The van der Waals surface area contributed by atoms with E-state index in [9.17, 15) is 0 Å². The molecule has 18 heavy (non-hydrogen) atoms. The number of hydrogen-bond donors (Lipinski definition) is 1. The molecule has 0 aromatic carbocycles. The summed E-state index contributed by atoms with van der Waals surface area (Å²) in [5.74, 6) is 1.28. The first-order chi connectivity index (χ1) is 8.30. The topological polar surface area (TPSA) is 74.5 Å². The molecule has 2 heterocycles. The minimum absolute atomic E-state index is 0.122. The van der Waals surface area contributed by atoms with Crippen molar-refractivity contribution in [3.63, 3.8) is 0 Å². The van der Waals surface area contributed by atoms with Gasteiger partial charge in [-0.1, -0.05) is 37.6 Å². The highest BCUT2D eigenvalue weighted by Gasteiger charge is 2.24. The Bertz CT molecular complexity index is 563. The molecule has 0 saturated carbocycles. The number of rotatable bonds is 2. The molecule has 2 rings (SSSR count). The summed E-state index contributed by atoms with van der Waals surface area (Å²) in [5.41, 5.74) is 6.66. The Balaban J connectivity index is 2.39. The van der Waals surface area contributed by atoms with Crippen molar-refractivity contribution in [2.75, 3.05) is 5.73 Å². The highest BCUT2D eigenvalue weighted by atomic mass is 35.5. The van der Waals surface area contributed by atoms with E-state index in [0.29, 0.717) is 17.5 Å². The standard InChI is InChI=1S/C11H17ClN6/c1-11(2,3)9-10(13)15-16-18(9)6-8-14-5-7(12)17(8)4/h5H,6,13H2,1-4H3. The number of halogens is 1. The molecule has 0 spiro atoms. The van der Waals surface area contributed by atoms with Gasteiger partial charge in [0.05, 0.1) is 11.9 Å². The van der Waals surface area contributed by atoms with Gasteiger partial charge < -0.3 is 10.3 Å². The molecule has 2 aromatic heterocycles. The van der Waals surface area contributed by atoms with Crippen molar-refractivity contribution in [3.8, 4) is 0 Å². The summed E-state index contributed by atoms with van der Waals surface area (Å²) in [6.45, 7) is 6.72. The van der Waals surface area contributed by atoms with Crippen LogP contribution in [0.15, 0.2) is 6.20 Å². The van der Waals surface area contributed by atoms with Gasteiger partial charge in [-0.3, -0.25) is 0 Å². The fraction of sp³-hybridized carbons (Fsp3) is 0.545. The van der Waals surface area contributed by atoms with E-state index in [1.165, 1.54) is 0 Å². The van der Waals surface area contributed by atoms with E-state index in [-0.39, 0.29) is 5.41 Å². The molecule has 0 atom stereocenters. The van der Waals surface area contributed by atoms with E-state index < -0.39 is 0 Å². The minimum Gasteiger partial charge on any atom is -0.381 e. The van der Waals surface area contributed by atoms with Crippen LogP contribution >= 0.6 is 11.6 Å². The molecular formula is C11H17ClN6. The smallest absolute Gasteiger partial charge is 0.169 e. The highest BCUT2D eigenvalue weighted by Crippen LogP contribution is 2.26. The Hall–Kier alpha value is -1.56. The Morgan fingerprint density at radius 3 is 2.56 bits per heavy atom. The largest absolute Gasteiger partial charge is 0.381 e. The summed E-state index contributed by atoms with van der Waals surface area (Å²) >= 11 is 5.96. The predicted octanol–water partition coefficient (Wildman–Crippen LogP) is 1.59. The van der Waals surface area contributed by atoms with Crippen molar-refractivity contribution in [2.45, 2.75) is 32.7 Å². The second-order valence-corrected chi connectivity index (χ2v) is 5.67. The lowest BCUT2D eigenvalue weighted by molar-refractivity contribution is 0.492. The molecule has 7 heteroatoms. The first-order valence-corrected chi connectivity index (χ1v) is 6.04. The zero-order valence-electron chi connectivity index (χ0n) is 11.0.